The highest BCUT2D eigenvalue weighted by Crippen LogP contribution is 2.32. The summed E-state index contributed by atoms with van der Waals surface area (Å²) in [5.41, 5.74) is 1.25. The Labute approximate surface area is 184 Å². The summed E-state index contributed by atoms with van der Waals surface area (Å²) in [5.74, 6) is -0.427. The van der Waals surface area contributed by atoms with Crippen molar-refractivity contribution in [1.82, 2.24) is 0 Å². The van der Waals surface area contributed by atoms with E-state index in [9.17, 15) is 14.4 Å². The summed E-state index contributed by atoms with van der Waals surface area (Å²) >= 11 is 0. The molecule has 4 rings (SSSR count). The van der Waals surface area contributed by atoms with E-state index < -0.39 is 18.0 Å². The van der Waals surface area contributed by atoms with Crippen LogP contribution in [0.15, 0.2) is 72.8 Å². The van der Waals surface area contributed by atoms with Gasteiger partial charge in [0.1, 0.15) is 13.2 Å². The summed E-state index contributed by atoms with van der Waals surface area (Å²) < 4.78 is 16.3. The Morgan fingerprint density at radius 1 is 0.844 bits per heavy atom. The van der Waals surface area contributed by atoms with Gasteiger partial charge in [-0.15, -0.1) is 0 Å². The minimum absolute atomic E-state index is 0.0975. The van der Waals surface area contributed by atoms with Crippen LogP contribution in [-0.4, -0.2) is 37.0 Å². The molecule has 3 aromatic carbocycles. The van der Waals surface area contributed by atoms with Crippen molar-refractivity contribution in [2.24, 2.45) is 0 Å². The molecule has 3 aromatic rings. The number of hydrogen-bond acceptors (Lipinski definition) is 6. The monoisotopic (exact) mass is 431 g/mol. The number of ketones is 1. The zero-order chi connectivity index (χ0) is 22.5. The maximum atomic E-state index is 12.8. The second-order valence-corrected chi connectivity index (χ2v) is 7.14. The Bertz CT molecular complexity index is 1160. The summed E-state index contributed by atoms with van der Waals surface area (Å²) in [7, 11) is 0. The van der Waals surface area contributed by atoms with Crippen LogP contribution >= 0.6 is 0 Å². The molecule has 0 bridgehead atoms. The number of rotatable bonds is 6. The van der Waals surface area contributed by atoms with Crippen molar-refractivity contribution in [3.05, 3.63) is 89.5 Å². The van der Waals surface area contributed by atoms with Gasteiger partial charge in [0.2, 0.25) is 0 Å². The molecular formula is C25H21NO6. The van der Waals surface area contributed by atoms with E-state index in [4.69, 9.17) is 14.2 Å². The number of anilines is 1. The summed E-state index contributed by atoms with van der Waals surface area (Å²) in [6.45, 7) is 2.37. The van der Waals surface area contributed by atoms with Gasteiger partial charge in [-0.1, -0.05) is 48.5 Å². The molecule has 0 fully saturated rings. The Kier molecular flexibility index (Phi) is 6.17. The molecule has 0 saturated heterocycles. The van der Waals surface area contributed by atoms with Gasteiger partial charge in [0.15, 0.2) is 23.4 Å². The van der Waals surface area contributed by atoms with Gasteiger partial charge in [-0.05, 0) is 25.1 Å². The predicted octanol–water partition coefficient (Wildman–Crippen LogP) is 3.87. The molecule has 1 N–H and O–H groups in total. The van der Waals surface area contributed by atoms with Crippen molar-refractivity contribution in [3.63, 3.8) is 0 Å². The molecule has 7 nitrogen and oxygen atoms in total. The molecule has 0 aromatic heterocycles. The van der Waals surface area contributed by atoms with E-state index in [0.29, 0.717) is 36.0 Å². The maximum Gasteiger partial charge on any atom is 0.339 e. The van der Waals surface area contributed by atoms with Crippen molar-refractivity contribution in [1.29, 1.82) is 0 Å². The SMILES string of the molecule is C[C@H](OC(=O)c1ccccc1C(=O)c1ccccc1)C(=O)Nc1ccc2c(c1)OCCO2. The van der Waals surface area contributed by atoms with Crippen LogP contribution in [0.3, 0.4) is 0 Å². The fourth-order valence-corrected chi connectivity index (χ4v) is 3.25. The van der Waals surface area contributed by atoms with E-state index in [1.165, 1.54) is 13.0 Å². The lowest BCUT2D eigenvalue weighted by Crippen LogP contribution is -2.30. The van der Waals surface area contributed by atoms with Gasteiger partial charge in [-0.2, -0.15) is 0 Å². The van der Waals surface area contributed by atoms with Gasteiger partial charge in [-0.3, -0.25) is 9.59 Å². The highest BCUT2D eigenvalue weighted by atomic mass is 16.6. The van der Waals surface area contributed by atoms with Crippen LogP contribution in [0.4, 0.5) is 5.69 Å². The highest BCUT2D eigenvalue weighted by Gasteiger charge is 2.24. The molecule has 1 atom stereocenters. The number of carbonyl (C=O) groups excluding carboxylic acids is 3. The van der Waals surface area contributed by atoms with Crippen LogP contribution in [0.2, 0.25) is 0 Å². The lowest BCUT2D eigenvalue weighted by atomic mass is 9.98. The smallest absolute Gasteiger partial charge is 0.339 e. The average molecular weight is 431 g/mol. The third kappa shape index (κ3) is 4.62. The fourth-order valence-electron chi connectivity index (χ4n) is 3.25. The minimum Gasteiger partial charge on any atom is -0.486 e. The molecule has 32 heavy (non-hydrogen) atoms. The molecule has 7 heteroatoms. The van der Waals surface area contributed by atoms with Crippen LogP contribution in [-0.2, 0) is 9.53 Å². The number of amides is 1. The maximum absolute atomic E-state index is 12.8. The van der Waals surface area contributed by atoms with Crippen LogP contribution in [0.1, 0.15) is 33.2 Å². The zero-order valence-electron chi connectivity index (χ0n) is 17.4. The van der Waals surface area contributed by atoms with Crippen LogP contribution in [0.25, 0.3) is 0 Å². The zero-order valence-corrected chi connectivity index (χ0v) is 17.4. The van der Waals surface area contributed by atoms with Crippen molar-refractivity contribution < 1.29 is 28.6 Å². The molecule has 1 amide bonds. The molecule has 0 radical (unpaired) electrons. The number of nitrogens with one attached hydrogen (secondary N) is 1. The standard InChI is InChI=1S/C25H21NO6/c1-16(24(28)26-18-11-12-21-22(15-18)31-14-13-30-21)32-25(29)20-10-6-5-9-19(20)23(27)17-7-3-2-4-8-17/h2-12,15-16H,13-14H2,1H3,(H,26,28)/t16-/m0/s1. The Morgan fingerprint density at radius 3 is 2.25 bits per heavy atom. The third-order valence-corrected chi connectivity index (χ3v) is 4.89. The van der Waals surface area contributed by atoms with Gasteiger partial charge >= 0.3 is 5.97 Å². The number of carbonyl (C=O) groups is 3. The molecule has 1 aliphatic rings. The molecule has 0 spiro atoms. The van der Waals surface area contributed by atoms with Crippen molar-refractivity contribution in [3.8, 4) is 11.5 Å². The first-order chi connectivity index (χ1) is 15.5. The second-order valence-electron chi connectivity index (χ2n) is 7.14. The number of ether oxygens (including phenoxy) is 3. The first-order valence-corrected chi connectivity index (χ1v) is 10.1. The summed E-state index contributed by atoms with van der Waals surface area (Å²) in [6.07, 6.45) is -1.09. The molecule has 0 aliphatic carbocycles. The van der Waals surface area contributed by atoms with Crippen LogP contribution in [0.5, 0.6) is 11.5 Å². The van der Waals surface area contributed by atoms with Crippen LogP contribution in [0, 0.1) is 0 Å². The first kappa shape index (κ1) is 21.1. The van der Waals surface area contributed by atoms with Crippen molar-refractivity contribution in [2.75, 3.05) is 18.5 Å². The molecule has 0 saturated carbocycles. The van der Waals surface area contributed by atoms with E-state index in [0.717, 1.165) is 0 Å². The number of esters is 1. The quantitative estimate of drug-likeness (QED) is 0.471. The van der Waals surface area contributed by atoms with Gasteiger partial charge in [-0.25, -0.2) is 4.79 Å². The Hall–Kier alpha value is -4.13. The summed E-state index contributed by atoms with van der Waals surface area (Å²) in [5, 5.41) is 2.69. The fraction of sp³-hybridized carbons (Fsp3) is 0.160. The summed E-state index contributed by atoms with van der Waals surface area (Å²) in [4.78, 5) is 38.2. The number of benzene rings is 3. The van der Waals surface area contributed by atoms with E-state index in [2.05, 4.69) is 5.32 Å². The normalized spacial score (nSPS) is 13.0. The molecular weight excluding hydrogens is 410 g/mol. The molecule has 0 unspecified atom stereocenters. The third-order valence-electron chi connectivity index (χ3n) is 4.89. The lowest BCUT2D eigenvalue weighted by molar-refractivity contribution is -0.123. The first-order valence-electron chi connectivity index (χ1n) is 10.1. The topological polar surface area (TPSA) is 90.9 Å². The minimum atomic E-state index is -1.09. The van der Waals surface area contributed by atoms with E-state index >= 15 is 0 Å². The summed E-state index contributed by atoms with van der Waals surface area (Å²) in [6, 6.07) is 20.0. The Balaban J connectivity index is 1.45. The average Bonchev–Trinajstić information content (AvgIpc) is 2.84. The van der Waals surface area contributed by atoms with Gasteiger partial charge in [0, 0.05) is 22.9 Å². The second kappa shape index (κ2) is 9.34. The largest absolute Gasteiger partial charge is 0.486 e. The Morgan fingerprint density at radius 2 is 1.50 bits per heavy atom. The van der Waals surface area contributed by atoms with E-state index in [1.54, 1.807) is 66.7 Å². The lowest BCUT2D eigenvalue weighted by Gasteiger charge is -2.19. The molecule has 1 heterocycles. The highest BCUT2D eigenvalue weighted by molar-refractivity contribution is 6.14. The van der Waals surface area contributed by atoms with Crippen molar-refractivity contribution >= 4 is 23.3 Å². The number of hydrogen-bond donors (Lipinski definition) is 1. The van der Waals surface area contributed by atoms with Crippen LogP contribution < -0.4 is 14.8 Å². The predicted molar refractivity (Wildman–Crippen MR) is 117 cm³/mol. The molecule has 1 aliphatic heterocycles. The van der Waals surface area contributed by atoms with E-state index in [1.807, 2.05) is 0 Å². The van der Waals surface area contributed by atoms with Gasteiger partial charge < -0.3 is 19.5 Å². The van der Waals surface area contributed by atoms with Gasteiger partial charge in [0.25, 0.3) is 5.91 Å². The number of fused-ring (bicyclic) bond motifs is 1. The van der Waals surface area contributed by atoms with Crippen molar-refractivity contribution in [2.45, 2.75) is 13.0 Å². The van der Waals surface area contributed by atoms with Gasteiger partial charge in [0.05, 0.1) is 5.56 Å². The molecule has 162 valence electrons. The van der Waals surface area contributed by atoms with E-state index in [-0.39, 0.29) is 16.9 Å².